The van der Waals surface area contributed by atoms with Gasteiger partial charge in [0.05, 0.1) is 18.0 Å². The van der Waals surface area contributed by atoms with Gasteiger partial charge >= 0.3 is 0 Å². The number of ether oxygens (including phenoxy) is 1. The molecule has 0 radical (unpaired) electrons. The molecule has 0 aliphatic rings. The molecule has 0 aliphatic carbocycles. The van der Waals surface area contributed by atoms with E-state index in [2.05, 4.69) is 34.7 Å². The van der Waals surface area contributed by atoms with Gasteiger partial charge in [-0.1, -0.05) is 31.2 Å². The summed E-state index contributed by atoms with van der Waals surface area (Å²) in [4.78, 5) is 4.66. The molecule has 166 valence electrons. The second-order valence-electron chi connectivity index (χ2n) is 6.70. The number of aryl methyl sites for hydroxylation is 1. The van der Waals surface area contributed by atoms with Crippen molar-refractivity contribution in [2.24, 2.45) is 10.1 Å². The highest BCUT2D eigenvalue weighted by Gasteiger charge is 2.08. The van der Waals surface area contributed by atoms with Gasteiger partial charge in [-0.2, -0.15) is 0 Å². The van der Waals surface area contributed by atoms with E-state index in [1.54, 1.807) is 12.1 Å². The van der Waals surface area contributed by atoms with Crippen LogP contribution in [0.3, 0.4) is 0 Å². The van der Waals surface area contributed by atoms with E-state index in [4.69, 9.17) is 9.88 Å². The van der Waals surface area contributed by atoms with E-state index in [9.17, 15) is 8.42 Å². The zero-order valence-electron chi connectivity index (χ0n) is 17.6. The molecule has 9 heteroatoms. The molecule has 4 N–H and O–H groups in total. The van der Waals surface area contributed by atoms with Crippen molar-refractivity contribution in [2.75, 3.05) is 13.2 Å². The minimum Gasteiger partial charge on any atom is -0.493 e. The maximum atomic E-state index is 11.3. The fourth-order valence-electron chi connectivity index (χ4n) is 2.63. The number of guanidine groups is 1. The van der Waals surface area contributed by atoms with Crippen molar-refractivity contribution in [1.82, 2.24) is 10.6 Å². The summed E-state index contributed by atoms with van der Waals surface area (Å²) in [7, 11) is -3.69. The van der Waals surface area contributed by atoms with Crippen LogP contribution in [0.1, 0.15) is 37.0 Å². The van der Waals surface area contributed by atoms with E-state index in [0.29, 0.717) is 25.7 Å². The largest absolute Gasteiger partial charge is 0.493 e. The number of hydrogen-bond acceptors (Lipinski definition) is 4. The van der Waals surface area contributed by atoms with E-state index in [1.165, 1.54) is 12.1 Å². The van der Waals surface area contributed by atoms with Crippen molar-refractivity contribution in [2.45, 2.75) is 45.2 Å². The summed E-state index contributed by atoms with van der Waals surface area (Å²) in [6.07, 6.45) is 0.954. The number of primary sulfonamides is 1. The first-order chi connectivity index (χ1) is 13.8. The molecule has 0 unspecified atom stereocenters. The van der Waals surface area contributed by atoms with Crippen molar-refractivity contribution >= 4 is 40.0 Å². The predicted octanol–water partition coefficient (Wildman–Crippen LogP) is 3.30. The van der Waals surface area contributed by atoms with Gasteiger partial charge in [0.2, 0.25) is 10.0 Å². The van der Waals surface area contributed by atoms with E-state index >= 15 is 0 Å². The number of sulfonamides is 1. The minimum absolute atomic E-state index is 0. The van der Waals surface area contributed by atoms with Crippen molar-refractivity contribution in [3.8, 4) is 5.75 Å². The molecule has 0 aliphatic heterocycles. The third kappa shape index (κ3) is 8.49. The van der Waals surface area contributed by atoms with Crippen LogP contribution in [0.2, 0.25) is 0 Å². The summed E-state index contributed by atoms with van der Waals surface area (Å²) in [6, 6.07) is 12.6. The van der Waals surface area contributed by atoms with Crippen LogP contribution in [-0.4, -0.2) is 27.5 Å². The smallest absolute Gasteiger partial charge is 0.238 e. The number of benzene rings is 2. The summed E-state index contributed by atoms with van der Waals surface area (Å²) in [6.45, 7) is 8.52. The van der Waals surface area contributed by atoms with Crippen LogP contribution in [0, 0.1) is 6.92 Å². The molecular formula is C21H31IN4O3S. The van der Waals surface area contributed by atoms with E-state index in [1.807, 2.05) is 19.9 Å². The Morgan fingerprint density at radius 2 is 1.80 bits per heavy atom. The van der Waals surface area contributed by atoms with Crippen LogP contribution in [-0.2, 0) is 23.1 Å². The Morgan fingerprint density at radius 1 is 1.10 bits per heavy atom. The lowest BCUT2D eigenvalue weighted by Crippen LogP contribution is -2.36. The number of nitrogens with zero attached hydrogens (tertiary/aromatic N) is 1. The number of nitrogens with one attached hydrogen (secondary N) is 2. The van der Waals surface area contributed by atoms with E-state index in [0.717, 1.165) is 35.4 Å². The Kier molecular flexibility index (Phi) is 11.1. The molecule has 0 fully saturated rings. The van der Waals surface area contributed by atoms with Gasteiger partial charge in [0.25, 0.3) is 0 Å². The fourth-order valence-corrected chi connectivity index (χ4v) is 3.15. The van der Waals surface area contributed by atoms with Crippen LogP contribution in [0.25, 0.3) is 0 Å². The highest BCUT2D eigenvalue weighted by Crippen LogP contribution is 2.20. The normalized spacial score (nSPS) is 11.5. The van der Waals surface area contributed by atoms with E-state index in [-0.39, 0.29) is 28.9 Å². The number of halogens is 1. The number of rotatable bonds is 9. The minimum atomic E-state index is -3.69. The average molecular weight is 546 g/mol. The Hall–Kier alpha value is -1.85. The third-order valence-corrected chi connectivity index (χ3v) is 5.08. The highest BCUT2D eigenvalue weighted by atomic mass is 127. The van der Waals surface area contributed by atoms with Gasteiger partial charge in [0.15, 0.2) is 5.96 Å². The second-order valence-corrected chi connectivity index (χ2v) is 8.26. The Morgan fingerprint density at radius 3 is 2.40 bits per heavy atom. The van der Waals surface area contributed by atoms with Crippen molar-refractivity contribution in [1.29, 1.82) is 0 Å². The molecule has 0 heterocycles. The number of hydrogen-bond donors (Lipinski definition) is 3. The molecule has 2 rings (SSSR count). The molecule has 0 spiro atoms. The molecule has 0 bridgehead atoms. The van der Waals surface area contributed by atoms with Crippen molar-refractivity contribution < 1.29 is 13.2 Å². The van der Waals surface area contributed by atoms with Gasteiger partial charge in [-0.25, -0.2) is 18.5 Å². The van der Waals surface area contributed by atoms with Crippen LogP contribution >= 0.6 is 24.0 Å². The van der Waals surface area contributed by atoms with Crippen molar-refractivity contribution in [3.63, 3.8) is 0 Å². The third-order valence-electron chi connectivity index (χ3n) is 4.15. The Labute approximate surface area is 196 Å². The van der Waals surface area contributed by atoms with Gasteiger partial charge in [0, 0.05) is 18.7 Å². The van der Waals surface area contributed by atoms with Crippen LogP contribution in [0.15, 0.2) is 52.4 Å². The monoisotopic (exact) mass is 546 g/mol. The van der Waals surface area contributed by atoms with Crippen molar-refractivity contribution in [3.05, 3.63) is 59.2 Å². The molecule has 30 heavy (non-hydrogen) atoms. The van der Waals surface area contributed by atoms with Crippen LogP contribution in [0.5, 0.6) is 5.75 Å². The first-order valence-electron chi connectivity index (χ1n) is 9.69. The molecule has 2 aromatic rings. The standard InChI is InChI=1S/C21H30N4O3S.HI/c1-4-12-28-20-13-16(3)6-9-18(20)15-25-21(23-5-2)24-14-17-7-10-19(11-8-17)29(22,26)27;/h6-11,13H,4-5,12,14-15H2,1-3H3,(H2,22,26,27)(H2,23,24,25);1H. The Bertz CT molecular complexity index is 932. The van der Waals surface area contributed by atoms with Gasteiger partial charge in [0.1, 0.15) is 5.75 Å². The quantitative estimate of drug-likeness (QED) is 0.254. The summed E-state index contributed by atoms with van der Waals surface area (Å²) in [5.41, 5.74) is 3.10. The molecule has 0 aromatic heterocycles. The maximum absolute atomic E-state index is 11.3. The Balaban J connectivity index is 0.00000450. The summed E-state index contributed by atoms with van der Waals surface area (Å²) in [5.74, 6) is 1.55. The van der Waals surface area contributed by atoms with Crippen LogP contribution < -0.4 is 20.5 Å². The van der Waals surface area contributed by atoms with Crippen LogP contribution in [0.4, 0.5) is 0 Å². The average Bonchev–Trinajstić information content (AvgIpc) is 2.69. The zero-order valence-corrected chi connectivity index (χ0v) is 20.8. The molecule has 0 saturated heterocycles. The SMILES string of the molecule is CCCOc1cc(C)ccc1CNC(=NCc1ccc(S(N)(=O)=O)cc1)NCC.I. The topological polar surface area (TPSA) is 106 Å². The maximum Gasteiger partial charge on any atom is 0.238 e. The zero-order chi connectivity index (χ0) is 21.3. The second kappa shape index (κ2) is 12.8. The van der Waals surface area contributed by atoms with Gasteiger partial charge in [-0.3, -0.25) is 0 Å². The number of nitrogens with two attached hydrogens (primary N) is 1. The van der Waals surface area contributed by atoms with E-state index < -0.39 is 10.0 Å². The van der Waals surface area contributed by atoms with Gasteiger partial charge in [-0.05, 0) is 49.6 Å². The molecule has 0 atom stereocenters. The fraction of sp³-hybridized carbons (Fsp3) is 0.381. The molecule has 2 aromatic carbocycles. The first-order valence-corrected chi connectivity index (χ1v) is 11.2. The lowest BCUT2D eigenvalue weighted by molar-refractivity contribution is 0.313. The molecule has 0 amide bonds. The molecule has 7 nitrogen and oxygen atoms in total. The van der Waals surface area contributed by atoms with Gasteiger partial charge < -0.3 is 15.4 Å². The summed E-state index contributed by atoms with van der Waals surface area (Å²) < 4.78 is 28.6. The number of aliphatic imine (C=N–C) groups is 1. The summed E-state index contributed by atoms with van der Waals surface area (Å²) in [5, 5.41) is 11.7. The predicted molar refractivity (Wildman–Crippen MR) is 132 cm³/mol. The van der Waals surface area contributed by atoms with Gasteiger partial charge in [-0.15, -0.1) is 24.0 Å². The molecular weight excluding hydrogens is 515 g/mol. The first kappa shape index (κ1) is 26.2. The lowest BCUT2D eigenvalue weighted by Gasteiger charge is -2.15. The molecule has 0 saturated carbocycles. The summed E-state index contributed by atoms with van der Waals surface area (Å²) >= 11 is 0. The lowest BCUT2D eigenvalue weighted by atomic mass is 10.1. The highest BCUT2D eigenvalue weighted by molar-refractivity contribution is 14.0.